The van der Waals surface area contributed by atoms with E-state index in [0.29, 0.717) is 17.7 Å². The van der Waals surface area contributed by atoms with Crippen LogP contribution in [0.25, 0.3) is 0 Å². The van der Waals surface area contributed by atoms with Crippen LogP contribution in [0.1, 0.15) is 27.0 Å². The maximum Gasteiger partial charge on any atom is 0.416 e. The van der Waals surface area contributed by atoms with Crippen LogP contribution in [0.5, 0.6) is 0 Å². The molecule has 2 rings (SSSR count). The van der Waals surface area contributed by atoms with Crippen LogP contribution in [0.2, 0.25) is 0 Å². The molecule has 0 aliphatic carbocycles. The van der Waals surface area contributed by atoms with Gasteiger partial charge in [-0.15, -0.1) is 0 Å². The van der Waals surface area contributed by atoms with Crippen molar-refractivity contribution in [3.63, 3.8) is 0 Å². The molecule has 0 bridgehead atoms. The van der Waals surface area contributed by atoms with Crippen molar-refractivity contribution in [1.82, 2.24) is 0 Å². The van der Waals surface area contributed by atoms with Crippen LogP contribution >= 0.6 is 0 Å². The molecule has 27 heavy (non-hydrogen) atoms. The molecule has 6 nitrogen and oxygen atoms in total. The van der Waals surface area contributed by atoms with Gasteiger partial charge in [0.05, 0.1) is 15.4 Å². The number of alkyl halides is 3. The van der Waals surface area contributed by atoms with E-state index in [-0.39, 0.29) is 10.5 Å². The van der Waals surface area contributed by atoms with Crippen LogP contribution < -0.4 is 11.5 Å². The van der Waals surface area contributed by atoms with Crippen molar-refractivity contribution < 1.29 is 26.4 Å². The lowest BCUT2D eigenvalue weighted by atomic mass is 10.0. The quantitative estimate of drug-likeness (QED) is 0.608. The van der Waals surface area contributed by atoms with Gasteiger partial charge in [0.1, 0.15) is 0 Å². The number of halogens is 3. The Balaban J connectivity index is 2.86. The first-order valence-corrected chi connectivity index (χ1v) is 9.00. The highest BCUT2D eigenvalue weighted by Gasteiger charge is 2.35. The van der Waals surface area contributed by atoms with Crippen molar-refractivity contribution in [3.8, 4) is 0 Å². The maximum absolute atomic E-state index is 13.3. The summed E-state index contributed by atoms with van der Waals surface area (Å²) in [5.41, 5.74) is 8.54. The van der Waals surface area contributed by atoms with Gasteiger partial charge in [-0.1, -0.05) is 18.2 Å². The van der Waals surface area contributed by atoms with E-state index in [4.69, 9.17) is 11.5 Å². The summed E-state index contributed by atoms with van der Waals surface area (Å²) in [6.07, 6.45) is -4.88. The summed E-state index contributed by atoms with van der Waals surface area (Å²) in [5.74, 6) is -1.82. The zero-order valence-electron chi connectivity index (χ0n) is 14.3. The summed E-state index contributed by atoms with van der Waals surface area (Å²) >= 11 is 0. The minimum atomic E-state index is -4.88. The lowest BCUT2D eigenvalue weighted by Crippen LogP contribution is -2.24. The monoisotopic (exact) mass is 399 g/mol. The molecule has 1 amide bonds. The Morgan fingerprint density at radius 3 is 2.15 bits per heavy atom. The predicted molar refractivity (Wildman–Crippen MR) is 93.0 cm³/mol. The summed E-state index contributed by atoms with van der Waals surface area (Å²) < 4.78 is 65.8. The van der Waals surface area contributed by atoms with E-state index in [2.05, 4.69) is 4.99 Å². The standard InChI is InChI=1S/C17H16F3N3O3S/c1-9-5-3-4-6-13(9)27(25,26)14-8-11(17(18,19)20)7-12(10(14)2)15(24)23-16(21)22/h3-8H,1-2H3,(H4,21,22,23,24). The fourth-order valence-corrected chi connectivity index (χ4v) is 4.29. The molecule has 2 aromatic carbocycles. The largest absolute Gasteiger partial charge is 0.416 e. The number of sulfone groups is 1. The lowest BCUT2D eigenvalue weighted by molar-refractivity contribution is -0.137. The third-order valence-corrected chi connectivity index (χ3v) is 5.86. The Morgan fingerprint density at radius 1 is 1.04 bits per heavy atom. The predicted octanol–water partition coefficient (Wildman–Crippen LogP) is 2.57. The number of nitrogens with two attached hydrogens (primary N) is 2. The van der Waals surface area contributed by atoms with Crippen LogP contribution in [0, 0.1) is 13.8 Å². The Bertz CT molecular complexity index is 1040. The zero-order valence-corrected chi connectivity index (χ0v) is 15.1. The summed E-state index contributed by atoms with van der Waals surface area (Å²) in [4.78, 5) is 14.5. The molecule has 0 radical (unpaired) electrons. The summed E-state index contributed by atoms with van der Waals surface area (Å²) in [7, 11) is -4.33. The fraction of sp³-hybridized carbons (Fsp3) is 0.176. The maximum atomic E-state index is 13.3. The molecular weight excluding hydrogens is 383 g/mol. The molecular formula is C17H16F3N3O3S. The van der Waals surface area contributed by atoms with Gasteiger partial charge in [0, 0.05) is 5.56 Å². The van der Waals surface area contributed by atoms with Crippen molar-refractivity contribution in [2.24, 2.45) is 16.5 Å². The van der Waals surface area contributed by atoms with Crippen LogP contribution in [0.4, 0.5) is 13.2 Å². The molecule has 2 aromatic rings. The van der Waals surface area contributed by atoms with E-state index in [1.54, 1.807) is 6.07 Å². The molecule has 0 saturated heterocycles. The van der Waals surface area contributed by atoms with Gasteiger partial charge < -0.3 is 11.5 Å². The highest BCUT2D eigenvalue weighted by Crippen LogP contribution is 2.36. The number of guanidine groups is 1. The minimum Gasteiger partial charge on any atom is -0.370 e. The number of carbonyl (C=O) groups is 1. The van der Waals surface area contributed by atoms with E-state index in [1.165, 1.54) is 32.0 Å². The molecule has 0 spiro atoms. The number of rotatable bonds is 3. The first-order valence-electron chi connectivity index (χ1n) is 7.52. The molecule has 0 unspecified atom stereocenters. The SMILES string of the molecule is Cc1ccccc1S(=O)(=O)c1cc(C(F)(F)F)cc(C(=O)N=C(N)N)c1C. The molecule has 0 aliphatic rings. The fourth-order valence-electron chi connectivity index (χ4n) is 2.51. The molecule has 0 atom stereocenters. The molecule has 144 valence electrons. The first kappa shape index (κ1) is 20.4. The highest BCUT2D eigenvalue weighted by atomic mass is 32.2. The van der Waals surface area contributed by atoms with Gasteiger partial charge in [0.25, 0.3) is 5.91 Å². The molecule has 0 aliphatic heterocycles. The molecule has 0 saturated carbocycles. The van der Waals surface area contributed by atoms with Crippen molar-refractivity contribution in [2.75, 3.05) is 0 Å². The smallest absolute Gasteiger partial charge is 0.370 e. The average Bonchev–Trinajstić information content (AvgIpc) is 2.53. The van der Waals surface area contributed by atoms with Gasteiger partial charge in [0.2, 0.25) is 9.84 Å². The van der Waals surface area contributed by atoms with Crippen LogP contribution in [0.15, 0.2) is 51.2 Å². The first-order chi connectivity index (χ1) is 12.4. The Hall–Kier alpha value is -2.88. The number of carbonyl (C=O) groups excluding carboxylic acids is 1. The number of benzene rings is 2. The van der Waals surface area contributed by atoms with Gasteiger partial charge in [-0.2, -0.15) is 18.2 Å². The number of hydrogen-bond donors (Lipinski definition) is 2. The zero-order chi connectivity index (χ0) is 20.6. The van der Waals surface area contributed by atoms with Crippen molar-refractivity contribution in [3.05, 3.63) is 58.7 Å². The van der Waals surface area contributed by atoms with Crippen LogP contribution in [-0.2, 0) is 16.0 Å². The molecule has 0 aromatic heterocycles. The van der Waals surface area contributed by atoms with Gasteiger partial charge in [-0.05, 0) is 43.2 Å². The van der Waals surface area contributed by atoms with Gasteiger partial charge in [0.15, 0.2) is 5.96 Å². The normalized spacial score (nSPS) is 11.9. The second kappa shape index (κ2) is 7.03. The lowest BCUT2D eigenvalue weighted by Gasteiger charge is -2.16. The Labute approximate surface area is 153 Å². The second-order valence-electron chi connectivity index (χ2n) is 5.76. The summed E-state index contributed by atoms with van der Waals surface area (Å²) in [6, 6.07) is 6.88. The van der Waals surface area contributed by atoms with E-state index in [1.807, 2.05) is 0 Å². The second-order valence-corrected chi connectivity index (χ2v) is 7.64. The number of hydrogen-bond acceptors (Lipinski definition) is 3. The van der Waals surface area contributed by atoms with Gasteiger partial charge in [-0.3, -0.25) is 4.79 Å². The van der Waals surface area contributed by atoms with E-state index >= 15 is 0 Å². The highest BCUT2D eigenvalue weighted by molar-refractivity contribution is 7.91. The molecule has 0 heterocycles. The third kappa shape index (κ3) is 4.11. The number of aryl methyl sites for hydroxylation is 1. The van der Waals surface area contributed by atoms with Crippen LogP contribution in [-0.4, -0.2) is 20.3 Å². The van der Waals surface area contributed by atoms with E-state index < -0.39 is 43.9 Å². The number of amides is 1. The number of aliphatic imine (C=N–C) groups is 1. The summed E-state index contributed by atoms with van der Waals surface area (Å²) in [5, 5.41) is 0. The topological polar surface area (TPSA) is 116 Å². The Morgan fingerprint density at radius 2 is 1.63 bits per heavy atom. The van der Waals surface area contributed by atoms with Crippen molar-refractivity contribution >= 4 is 21.7 Å². The number of nitrogens with zero attached hydrogens (tertiary/aromatic N) is 1. The van der Waals surface area contributed by atoms with E-state index in [9.17, 15) is 26.4 Å². The Kier molecular flexibility index (Phi) is 5.32. The molecule has 4 N–H and O–H groups in total. The molecule has 10 heteroatoms. The van der Waals surface area contributed by atoms with Crippen LogP contribution in [0.3, 0.4) is 0 Å². The average molecular weight is 399 g/mol. The molecule has 0 fully saturated rings. The minimum absolute atomic E-state index is 0.160. The summed E-state index contributed by atoms with van der Waals surface area (Å²) in [6.45, 7) is 2.74. The third-order valence-electron chi connectivity index (χ3n) is 3.82. The van der Waals surface area contributed by atoms with Gasteiger partial charge >= 0.3 is 6.18 Å². The van der Waals surface area contributed by atoms with Gasteiger partial charge in [-0.25, -0.2) is 8.42 Å². The van der Waals surface area contributed by atoms with E-state index in [0.717, 1.165) is 0 Å². The van der Waals surface area contributed by atoms with Crippen molar-refractivity contribution in [1.29, 1.82) is 0 Å². The van der Waals surface area contributed by atoms with Crippen molar-refractivity contribution in [2.45, 2.75) is 29.8 Å².